The number of benzene rings is 2. The highest BCUT2D eigenvalue weighted by atomic mass is 16.3. The van der Waals surface area contributed by atoms with Gasteiger partial charge in [-0.1, -0.05) is 30.3 Å². The van der Waals surface area contributed by atoms with E-state index < -0.39 is 0 Å². The minimum Gasteiger partial charge on any atom is -0.454 e. The molecule has 0 bridgehead atoms. The number of furan rings is 1. The van der Waals surface area contributed by atoms with Crippen LogP contribution >= 0.6 is 0 Å². The number of aromatic nitrogens is 2. The number of nitrogens with zero attached hydrogens (tertiary/aromatic N) is 2. The van der Waals surface area contributed by atoms with Gasteiger partial charge in [0.1, 0.15) is 5.58 Å². The molecule has 92 valence electrons. The lowest BCUT2D eigenvalue weighted by molar-refractivity contribution is 0.665. The second-order valence-electron chi connectivity index (χ2n) is 4.67. The predicted molar refractivity (Wildman–Crippen MR) is 75.6 cm³/mol. The number of aryl methyl sites for hydroxylation is 1. The van der Waals surface area contributed by atoms with Crippen LogP contribution in [0, 0.1) is 6.92 Å². The Morgan fingerprint density at radius 3 is 2.68 bits per heavy atom. The highest BCUT2D eigenvalue weighted by Gasteiger charge is 2.11. The van der Waals surface area contributed by atoms with Gasteiger partial charge in [-0.15, -0.1) is 0 Å². The van der Waals surface area contributed by atoms with Crippen molar-refractivity contribution >= 4 is 21.9 Å². The summed E-state index contributed by atoms with van der Waals surface area (Å²) in [7, 11) is 0. The standard InChI is InChI=1S/C16H12N2O/c1-11-9-18(10-17-11)14-7-4-6-13-12-5-2-3-8-15(12)19-16(13)14/h2-10H,1H3. The smallest absolute Gasteiger partial charge is 0.159 e. The molecule has 2 heterocycles. The maximum Gasteiger partial charge on any atom is 0.159 e. The maximum absolute atomic E-state index is 6.00. The van der Waals surface area contributed by atoms with E-state index in [0.717, 1.165) is 33.3 Å². The molecule has 3 nitrogen and oxygen atoms in total. The molecule has 2 aromatic heterocycles. The average Bonchev–Trinajstić information content (AvgIpc) is 3.02. The Morgan fingerprint density at radius 2 is 1.84 bits per heavy atom. The van der Waals surface area contributed by atoms with E-state index in [-0.39, 0.29) is 0 Å². The first-order valence-electron chi connectivity index (χ1n) is 6.24. The third-order valence-corrected chi connectivity index (χ3v) is 3.37. The first-order valence-corrected chi connectivity index (χ1v) is 6.24. The van der Waals surface area contributed by atoms with Crippen molar-refractivity contribution < 1.29 is 4.42 Å². The van der Waals surface area contributed by atoms with Gasteiger partial charge in [-0.25, -0.2) is 4.98 Å². The van der Waals surface area contributed by atoms with Crippen LogP contribution in [-0.4, -0.2) is 9.55 Å². The van der Waals surface area contributed by atoms with Crippen LogP contribution in [0.1, 0.15) is 5.69 Å². The van der Waals surface area contributed by atoms with Crippen LogP contribution in [0.2, 0.25) is 0 Å². The SMILES string of the molecule is Cc1cn(-c2cccc3c2oc2ccccc23)cn1. The average molecular weight is 248 g/mol. The van der Waals surface area contributed by atoms with Gasteiger partial charge in [0, 0.05) is 17.0 Å². The van der Waals surface area contributed by atoms with E-state index in [1.165, 1.54) is 0 Å². The van der Waals surface area contributed by atoms with Crippen LogP contribution in [0.3, 0.4) is 0 Å². The third kappa shape index (κ3) is 1.48. The molecule has 4 rings (SSSR count). The van der Waals surface area contributed by atoms with E-state index >= 15 is 0 Å². The maximum atomic E-state index is 6.00. The van der Waals surface area contributed by atoms with Gasteiger partial charge in [0.15, 0.2) is 5.58 Å². The normalized spacial score (nSPS) is 11.4. The van der Waals surface area contributed by atoms with E-state index in [9.17, 15) is 0 Å². The van der Waals surface area contributed by atoms with Crippen LogP contribution in [0.5, 0.6) is 0 Å². The zero-order chi connectivity index (χ0) is 12.8. The van der Waals surface area contributed by atoms with Gasteiger partial charge < -0.3 is 8.98 Å². The second-order valence-corrected chi connectivity index (χ2v) is 4.67. The van der Waals surface area contributed by atoms with Crippen molar-refractivity contribution in [3.8, 4) is 5.69 Å². The third-order valence-electron chi connectivity index (χ3n) is 3.37. The van der Waals surface area contributed by atoms with Crippen LogP contribution < -0.4 is 0 Å². The quantitative estimate of drug-likeness (QED) is 0.508. The highest BCUT2D eigenvalue weighted by Crippen LogP contribution is 2.32. The molecule has 0 spiro atoms. The van der Waals surface area contributed by atoms with Crippen molar-refractivity contribution in [3.63, 3.8) is 0 Å². The molecule has 0 fully saturated rings. The van der Waals surface area contributed by atoms with Crippen molar-refractivity contribution in [1.29, 1.82) is 0 Å². The first-order chi connectivity index (χ1) is 9.33. The Bertz CT molecular complexity index is 886. The number of rotatable bonds is 1. The lowest BCUT2D eigenvalue weighted by atomic mass is 10.1. The van der Waals surface area contributed by atoms with Crippen LogP contribution in [0.15, 0.2) is 59.4 Å². The molecule has 2 aromatic carbocycles. The molecular weight excluding hydrogens is 236 g/mol. The number of hydrogen-bond donors (Lipinski definition) is 0. The van der Waals surface area contributed by atoms with Gasteiger partial charge in [0.25, 0.3) is 0 Å². The Hall–Kier alpha value is -2.55. The van der Waals surface area contributed by atoms with Crippen LogP contribution in [0.4, 0.5) is 0 Å². The van der Waals surface area contributed by atoms with Gasteiger partial charge in [-0.3, -0.25) is 0 Å². The molecule has 0 atom stereocenters. The second kappa shape index (κ2) is 3.72. The first kappa shape index (κ1) is 10.4. The number of fused-ring (bicyclic) bond motifs is 3. The highest BCUT2D eigenvalue weighted by molar-refractivity contribution is 6.07. The lowest BCUT2D eigenvalue weighted by Gasteiger charge is -2.01. The lowest BCUT2D eigenvalue weighted by Crippen LogP contribution is -1.89. The molecule has 0 radical (unpaired) electrons. The summed E-state index contributed by atoms with van der Waals surface area (Å²) in [6, 6.07) is 14.3. The fourth-order valence-electron chi connectivity index (χ4n) is 2.49. The Kier molecular flexibility index (Phi) is 2.03. The zero-order valence-electron chi connectivity index (χ0n) is 10.5. The molecule has 0 aliphatic heterocycles. The van der Waals surface area contributed by atoms with Gasteiger partial charge >= 0.3 is 0 Å². The van der Waals surface area contributed by atoms with Gasteiger partial charge in [-0.05, 0) is 19.1 Å². The molecule has 19 heavy (non-hydrogen) atoms. The largest absolute Gasteiger partial charge is 0.454 e. The number of imidazole rings is 1. The summed E-state index contributed by atoms with van der Waals surface area (Å²) in [5, 5.41) is 2.29. The summed E-state index contributed by atoms with van der Waals surface area (Å²) in [6.45, 7) is 1.98. The Labute approximate surface area is 110 Å². The molecule has 0 aliphatic carbocycles. The molecular formula is C16H12N2O. The summed E-state index contributed by atoms with van der Waals surface area (Å²) >= 11 is 0. The molecule has 0 N–H and O–H groups in total. The minimum atomic E-state index is 0.904. The molecule has 4 aromatic rings. The van der Waals surface area contributed by atoms with Gasteiger partial charge in [0.05, 0.1) is 17.7 Å². The fraction of sp³-hybridized carbons (Fsp3) is 0.0625. The fourth-order valence-corrected chi connectivity index (χ4v) is 2.49. The van der Waals surface area contributed by atoms with Crippen molar-refractivity contribution in [1.82, 2.24) is 9.55 Å². The van der Waals surface area contributed by atoms with Crippen molar-refractivity contribution in [2.45, 2.75) is 6.92 Å². The predicted octanol–water partition coefficient (Wildman–Crippen LogP) is 4.08. The Morgan fingerprint density at radius 1 is 1.00 bits per heavy atom. The van der Waals surface area contributed by atoms with Crippen molar-refractivity contribution in [2.24, 2.45) is 0 Å². The molecule has 0 saturated carbocycles. The molecule has 3 heteroatoms. The summed E-state index contributed by atoms with van der Waals surface area (Å²) in [5.41, 5.74) is 3.84. The summed E-state index contributed by atoms with van der Waals surface area (Å²) < 4.78 is 8.00. The van der Waals surface area contributed by atoms with E-state index in [1.807, 2.05) is 48.3 Å². The molecule has 0 amide bonds. The molecule has 0 saturated heterocycles. The van der Waals surface area contributed by atoms with Crippen molar-refractivity contribution in [2.75, 3.05) is 0 Å². The number of para-hydroxylation sites is 2. The molecule has 0 unspecified atom stereocenters. The molecule has 0 aliphatic rings. The van der Waals surface area contributed by atoms with Gasteiger partial charge in [-0.2, -0.15) is 0 Å². The topological polar surface area (TPSA) is 31.0 Å². The zero-order valence-corrected chi connectivity index (χ0v) is 10.5. The van der Waals surface area contributed by atoms with Crippen LogP contribution in [0.25, 0.3) is 27.6 Å². The van der Waals surface area contributed by atoms with Crippen molar-refractivity contribution in [3.05, 3.63) is 60.7 Å². The van der Waals surface area contributed by atoms with Crippen LogP contribution in [-0.2, 0) is 0 Å². The van der Waals surface area contributed by atoms with Gasteiger partial charge in [0.2, 0.25) is 0 Å². The summed E-state index contributed by atoms with van der Waals surface area (Å²) in [4.78, 5) is 4.28. The monoisotopic (exact) mass is 248 g/mol. The van der Waals surface area contributed by atoms with E-state index in [0.29, 0.717) is 0 Å². The minimum absolute atomic E-state index is 0.904. The van der Waals surface area contributed by atoms with E-state index in [4.69, 9.17) is 4.42 Å². The van der Waals surface area contributed by atoms with E-state index in [2.05, 4.69) is 23.2 Å². The summed E-state index contributed by atoms with van der Waals surface area (Å²) in [6.07, 6.45) is 3.82. The summed E-state index contributed by atoms with van der Waals surface area (Å²) in [5.74, 6) is 0. The number of hydrogen-bond acceptors (Lipinski definition) is 2. The van der Waals surface area contributed by atoms with E-state index in [1.54, 1.807) is 0 Å². The Balaban J connectivity index is 2.12.